The Balaban J connectivity index is 1.39. The summed E-state index contributed by atoms with van der Waals surface area (Å²) < 4.78 is 2.05. The molecule has 0 radical (unpaired) electrons. The van der Waals surface area contributed by atoms with Gasteiger partial charge in [-0.2, -0.15) is 0 Å². The SMILES string of the molecule is O=C(NC1CCC1)[C@@H]1CN(Cc2cccc3ccccc23)Cc2cncn21. The van der Waals surface area contributed by atoms with Gasteiger partial charge in [-0.25, -0.2) is 4.98 Å². The Morgan fingerprint density at radius 2 is 2.00 bits per heavy atom. The van der Waals surface area contributed by atoms with E-state index >= 15 is 0 Å². The lowest BCUT2D eigenvalue weighted by Crippen LogP contribution is -2.48. The summed E-state index contributed by atoms with van der Waals surface area (Å²) in [5.74, 6) is 0.126. The lowest BCUT2D eigenvalue weighted by Gasteiger charge is -2.36. The summed E-state index contributed by atoms with van der Waals surface area (Å²) in [4.78, 5) is 19.5. The van der Waals surface area contributed by atoms with Crippen LogP contribution in [0.4, 0.5) is 0 Å². The van der Waals surface area contributed by atoms with Crippen molar-refractivity contribution in [3.63, 3.8) is 0 Å². The number of nitrogens with zero attached hydrogens (tertiary/aromatic N) is 3. The molecule has 5 heteroatoms. The third kappa shape index (κ3) is 3.12. The molecule has 1 N–H and O–H groups in total. The summed E-state index contributed by atoms with van der Waals surface area (Å²) in [6, 6.07) is 15.1. The minimum Gasteiger partial charge on any atom is -0.352 e. The van der Waals surface area contributed by atoms with Gasteiger partial charge in [0, 0.05) is 31.9 Å². The zero-order valence-corrected chi connectivity index (χ0v) is 15.3. The number of hydrogen-bond acceptors (Lipinski definition) is 3. The van der Waals surface area contributed by atoms with Gasteiger partial charge >= 0.3 is 0 Å². The van der Waals surface area contributed by atoms with E-state index in [-0.39, 0.29) is 11.9 Å². The molecular formula is C22H24N4O. The summed E-state index contributed by atoms with van der Waals surface area (Å²) in [6.07, 6.45) is 7.12. The number of fused-ring (bicyclic) bond motifs is 2. The molecule has 1 atom stereocenters. The Bertz CT molecular complexity index is 970. The first-order valence-electron chi connectivity index (χ1n) is 9.78. The molecule has 0 unspecified atom stereocenters. The van der Waals surface area contributed by atoms with Gasteiger partial charge < -0.3 is 9.88 Å². The Kier molecular flexibility index (Phi) is 4.17. The van der Waals surface area contributed by atoms with Crippen LogP contribution >= 0.6 is 0 Å². The van der Waals surface area contributed by atoms with Crippen LogP contribution in [0.1, 0.15) is 36.6 Å². The Labute approximate surface area is 159 Å². The monoisotopic (exact) mass is 360 g/mol. The molecule has 1 fully saturated rings. The van der Waals surface area contributed by atoms with E-state index in [1.54, 1.807) is 6.33 Å². The fourth-order valence-electron chi connectivity index (χ4n) is 4.21. The summed E-state index contributed by atoms with van der Waals surface area (Å²) in [6.45, 7) is 2.36. The lowest BCUT2D eigenvalue weighted by atomic mass is 9.93. The maximum Gasteiger partial charge on any atom is 0.244 e. The average Bonchev–Trinajstić information content (AvgIpc) is 3.13. The Hall–Kier alpha value is -2.66. The third-order valence-electron chi connectivity index (χ3n) is 5.93. The number of imidazole rings is 1. The van der Waals surface area contributed by atoms with E-state index in [2.05, 4.69) is 57.7 Å². The molecule has 1 aliphatic carbocycles. The van der Waals surface area contributed by atoms with E-state index in [1.807, 2.05) is 10.8 Å². The van der Waals surface area contributed by atoms with Crippen LogP contribution in [0.2, 0.25) is 0 Å². The second kappa shape index (κ2) is 6.82. The van der Waals surface area contributed by atoms with Crippen LogP contribution in [0.5, 0.6) is 0 Å². The van der Waals surface area contributed by atoms with Crippen LogP contribution < -0.4 is 5.32 Å². The first-order chi connectivity index (χ1) is 13.3. The molecule has 138 valence electrons. The number of aromatic nitrogens is 2. The van der Waals surface area contributed by atoms with Gasteiger partial charge in [0.15, 0.2) is 0 Å². The van der Waals surface area contributed by atoms with Crippen LogP contribution in [-0.4, -0.2) is 32.9 Å². The predicted molar refractivity (Wildman–Crippen MR) is 105 cm³/mol. The number of carbonyl (C=O) groups excluding carboxylic acids is 1. The van der Waals surface area contributed by atoms with Crippen molar-refractivity contribution < 1.29 is 4.79 Å². The zero-order chi connectivity index (χ0) is 18.2. The van der Waals surface area contributed by atoms with Crippen molar-refractivity contribution in [3.8, 4) is 0 Å². The fraction of sp³-hybridized carbons (Fsp3) is 0.364. The standard InChI is InChI=1S/C22H24N4O/c27-22(24-18-8-4-9-18)21-14-25(13-19-11-23-15-26(19)21)12-17-7-3-6-16-5-1-2-10-20(16)17/h1-3,5-7,10-11,15,18,21H,4,8-9,12-14H2,(H,24,27)/t21-/m0/s1. The summed E-state index contributed by atoms with van der Waals surface area (Å²) in [5.41, 5.74) is 2.41. The largest absolute Gasteiger partial charge is 0.352 e. The molecule has 5 nitrogen and oxygen atoms in total. The van der Waals surface area contributed by atoms with Crippen molar-refractivity contribution in [1.29, 1.82) is 0 Å². The number of hydrogen-bond donors (Lipinski definition) is 1. The molecule has 1 amide bonds. The maximum absolute atomic E-state index is 12.9. The molecule has 1 saturated carbocycles. The van der Waals surface area contributed by atoms with Gasteiger partial charge in [-0.3, -0.25) is 9.69 Å². The van der Waals surface area contributed by atoms with E-state index in [1.165, 1.54) is 22.8 Å². The van der Waals surface area contributed by atoms with Gasteiger partial charge in [-0.1, -0.05) is 42.5 Å². The number of nitrogens with one attached hydrogen (secondary N) is 1. The molecule has 1 aromatic heterocycles. The highest BCUT2D eigenvalue weighted by Crippen LogP contribution is 2.27. The number of amides is 1. The van der Waals surface area contributed by atoms with E-state index in [4.69, 9.17) is 0 Å². The molecule has 0 bridgehead atoms. The van der Waals surface area contributed by atoms with E-state index in [9.17, 15) is 4.79 Å². The molecule has 2 aliphatic rings. The first kappa shape index (κ1) is 16.5. The number of rotatable bonds is 4. The van der Waals surface area contributed by atoms with Crippen LogP contribution in [0.3, 0.4) is 0 Å². The molecule has 1 aliphatic heterocycles. The lowest BCUT2D eigenvalue weighted by molar-refractivity contribution is -0.127. The highest BCUT2D eigenvalue weighted by molar-refractivity contribution is 5.85. The molecule has 0 spiro atoms. The van der Waals surface area contributed by atoms with Crippen molar-refractivity contribution in [2.45, 2.75) is 44.4 Å². The number of benzene rings is 2. The van der Waals surface area contributed by atoms with Crippen LogP contribution in [0.15, 0.2) is 55.0 Å². The predicted octanol–water partition coefficient (Wildman–Crippen LogP) is 3.26. The Morgan fingerprint density at radius 3 is 2.85 bits per heavy atom. The highest BCUT2D eigenvalue weighted by Gasteiger charge is 2.32. The minimum atomic E-state index is -0.202. The quantitative estimate of drug-likeness (QED) is 0.777. The molecular weight excluding hydrogens is 336 g/mol. The summed E-state index contributed by atoms with van der Waals surface area (Å²) >= 11 is 0. The summed E-state index contributed by atoms with van der Waals surface area (Å²) in [5, 5.41) is 5.76. The van der Waals surface area contributed by atoms with Gasteiger partial charge in [0.2, 0.25) is 5.91 Å². The van der Waals surface area contributed by atoms with Gasteiger partial charge in [-0.15, -0.1) is 0 Å². The van der Waals surface area contributed by atoms with Gasteiger partial charge in [0.05, 0.1) is 12.0 Å². The molecule has 27 heavy (non-hydrogen) atoms. The summed E-state index contributed by atoms with van der Waals surface area (Å²) in [7, 11) is 0. The van der Waals surface area contributed by atoms with Gasteiger partial charge in [0.1, 0.15) is 6.04 Å². The van der Waals surface area contributed by atoms with Crippen LogP contribution in [0, 0.1) is 0 Å². The number of carbonyl (C=O) groups is 1. The van der Waals surface area contributed by atoms with Crippen molar-refractivity contribution in [1.82, 2.24) is 19.8 Å². The first-order valence-corrected chi connectivity index (χ1v) is 9.78. The highest BCUT2D eigenvalue weighted by atomic mass is 16.2. The molecule has 5 rings (SSSR count). The van der Waals surface area contributed by atoms with Crippen LogP contribution in [0.25, 0.3) is 10.8 Å². The van der Waals surface area contributed by atoms with Crippen molar-refractivity contribution in [2.75, 3.05) is 6.54 Å². The maximum atomic E-state index is 12.9. The minimum absolute atomic E-state index is 0.126. The van der Waals surface area contributed by atoms with Crippen molar-refractivity contribution >= 4 is 16.7 Å². The zero-order valence-electron chi connectivity index (χ0n) is 15.3. The molecule has 2 heterocycles. The molecule has 2 aromatic carbocycles. The molecule has 3 aromatic rings. The normalized spacial score (nSPS) is 20.2. The van der Waals surface area contributed by atoms with E-state index < -0.39 is 0 Å². The van der Waals surface area contributed by atoms with Gasteiger partial charge in [-0.05, 0) is 35.6 Å². The molecule has 0 saturated heterocycles. The second-order valence-electron chi connectivity index (χ2n) is 7.75. The van der Waals surface area contributed by atoms with E-state index in [0.29, 0.717) is 12.6 Å². The second-order valence-corrected chi connectivity index (χ2v) is 7.75. The van der Waals surface area contributed by atoms with Crippen molar-refractivity contribution in [2.24, 2.45) is 0 Å². The smallest absolute Gasteiger partial charge is 0.244 e. The third-order valence-corrected chi connectivity index (χ3v) is 5.93. The average molecular weight is 360 g/mol. The fourth-order valence-corrected chi connectivity index (χ4v) is 4.21. The van der Waals surface area contributed by atoms with Crippen LogP contribution in [-0.2, 0) is 17.9 Å². The Morgan fingerprint density at radius 1 is 1.15 bits per heavy atom. The van der Waals surface area contributed by atoms with Crippen molar-refractivity contribution in [3.05, 3.63) is 66.2 Å². The van der Waals surface area contributed by atoms with E-state index in [0.717, 1.165) is 31.6 Å². The van der Waals surface area contributed by atoms with Gasteiger partial charge in [0.25, 0.3) is 0 Å². The topological polar surface area (TPSA) is 50.2 Å².